The molecule has 0 saturated carbocycles. The van der Waals surface area contributed by atoms with E-state index in [2.05, 4.69) is 28.0 Å². The van der Waals surface area contributed by atoms with Crippen LogP contribution >= 0.6 is 15.9 Å². The lowest BCUT2D eigenvalue weighted by molar-refractivity contribution is 0.306. The molecule has 0 radical (unpaired) electrons. The van der Waals surface area contributed by atoms with E-state index in [-0.39, 0.29) is 5.82 Å². The maximum atomic E-state index is 15.3. The van der Waals surface area contributed by atoms with Crippen LogP contribution in [0.25, 0.3) is 33.3 Å². The van der Waals surface area contributed by atoms with Crippen molar-refractivity contribution in [2.24, 2.45) is 7.05 Å². The molecule has 1 aromatic heterocycles. The lowest BCUT2D eigenvalue weighted by atomic mass is 10.00. The van der Waals surface area contributed by atoms with Gasteiger partial charge in [0.25, 0.3) is 0 Å². The van der Waals surface area contributed by atoms with Gasteiger partial charge in [0.2, 0.25) is 0 Å². The van der Waals surface area contributed by atoms with Crippen LogP contribution in [0.15, 0.2) is 65.1 Å². The summed E-state index contributed by atoms with van der Waals surface area (Å²) in [4.78, 5) is 0. The zero-order chi connectivity index (χ0) is 21.8. The van der Waals surface area contributed by atoms with Crippen molar-refractivity contribution in [2.75, 3.05) is 6.61 Å². The zero-order valence-corrected chi connectivity index (χ0v) is 19.5. The number of hydrogen-bond donors (Lipinski definition) is 0. The molecule has 3 aromatic carbocycles. The van der Waals surface area contributed by atoms with Crippen LogP contribution in [0.4, 0.5) is 4.39 Å². The third kappa shape index (κ3) is 4.67. The van der Waals surface area contributed by atoms with Crippen LogP contribution in [-0.2, 0) is 7.05 Å². The molecule has 0 aliphatic heterocycles. The van der Waals surface area contributed by atoms with Gasteiger partial charge in [0.15, 0.2) is 0 Å². The molecule has 31 heavy (non-hydrogen) atoms. The minimum atomic E-state index is -0.293. The second-order valence-corrected chi connectivity index (χ2v) is 8.65. The fourth-order valence-electron chi connectivity index (χ4n) is 3.85. The number of unbranched alkanes of at least 4 members (excludes halogenated alkanes) is 3. The Labute approximate surface area is 191 Å². The van der Waals surface area contributed by atoms with Gasteiger partial charge in [-0.15, -0.1) is 0 Å². The SMILES string of the molecule is CCCCCCOc1ccccc1-c1ccc(-c2nn(C)c3cc(Br)ccc23)c(F)c1. The molecular formula is C26H26BrFN2O. The summed E-state index contributed by atoms with van der Waals surface area (Å²) < 4.78 is 24.0. The van der Waals surface area contributed by atoms with Crippen LogP contribution in [0.3, 0.4) is 0 Å². The van der Waals surface area contributed by atoms with E-state index in [1.54, 1.807) is 10.7 Å². The Morgan fingerprint density at radius 2 is 1.81 bits per heavy atom. The molecule has 0 amide bonds. The van der Waals surface area contributed by atoms with Crippen molar-refractivity contribution in [1.82, 2.24) is 9.78 Å². The third-order valence-electron chi connectivity index (χ3n) is 5.49. The zero-order valence-electron chi connectivity index (χ0n) is 17.9. The van der Waals surface area contributed by atoms with Crippen molar-refractivity contribution in [3.8, 4) is 28.1 Å². The summed E-state index contributed by atoms with van der Waals surface area (Å²) >= 11 is 3.49. The minimum Gasteiger partial charge on any atom is -0.493 e. The molecule has 0 N–H and O–H groups in total. The van der Waals surface area contributed by atoms with Gasteiger partial charge >= 0.3 is 0 Å². The first-order chi connectivity index (χ1) is 15.1. The molecule has 0 aliphatic carbocycles. The van der Waals surface area contributed by atoms with Crippen LogP contribution in [0, 0.1) is 5.82 Å². The van der Waals surface area contributed by atoms with Crippen molar-refractivity contribution in [2.45, 2.75) is 32.6 Å². The Bertz CT molecular complexity index is 1200. The molecule has 0 unspecified atom stereocenters. The first-order valence-electron chi connectivity index (χ1n) is 10.7. The van der Waals surface area contributed by atoms with E-state index in [1.165, 1.54) is 12.8 Å². The number of rotatable bonds is 8. The standard InChI is InChI=1S/C26H26BrFN2O/c1-3-4-5-8-15-31-25-10-7-6-9-20(25)18-11-13-21(23(28)16-18)26-22-14-12-19(27)17-24(22)30(2)29-26/h6-7,9-14,16-17H,3-5,8,15H2,1-2H3. The summed E-state index contributed by atoms with van der Waals surface area (Å²) in [5.41, 5.74) is 3.80. The van der Waals surface area contributed by atoms with Crippen molar-refractivity contribution in [3.63, 3.8) is 0 Å². The molecule has 3 nitrogen and oxygen atoms in total. The molecule has 0 atom stereocenters. The van der Waals surface area contributed by atoms with Gasteiger partial charge in [-0.3, -0.25) is 4.68 Å². The van der Waals surface area contributed by atoms with Gasteiger partial charge in [0, 0.05) is 28.0 Å². The molecule has 4 aromatic rings. The smallest absolute Gasteiger partial charge is 0.133 e. The number of hydrogen-bond acceptors (Lipinski definition) is 2. The number of nitrogens with zero attached hydrogens (tertiary/aromatic N) is 2. The maximum Gasteiger partial charge on any atom is 0.133 e. The summed E-state index contributed by atoms with van der Waals surface area (Å²) in [6.07, 6.45) is 4.61. The molecule has 0 bridgehead atoms. The number of ether oxygens (including phenoxy) is 1. The van der Waals surface area contributed by atoms with Crippen molar-refractivity contribution in [3.05, 3.63) is 71.0 Å². The Morgan fingerprint density at radius 1 is 0.968 bits per heavy atom. The van der Waals surface area contributed by atoms with Gasteiger partial charge < -0.3 is 4.74 Å². The van der Waals surface area contributed by atoms with Crippen LogP contribution in [0.5, 0.6) is 5.75 Å². The predicted molar refractivity (Wildman–Crippen MR) is 129 cm³/mol. The van der Waals surface area contributed by atoms with E-state index >= 15 is 4.39 Å². The number of fused-ring (bicyclic) bond motifs is 1. The molecule has 4 rings (SSSR count). The fourth-order valence-corrected chi connectivity index (χ4v) is 4.20. The predicted octanol–water partition coefficient (Wildman–Crippen LogP) is 7.77. The number of aromatic nitrogens is 2. The fraction of sp³-hybridized carbons (Fsp3) is 0.269. The Balaban J connectivity index is 1.64. The minimum absolute atomic E-state index is 0.293. The van der Waals surface area contributed by atoms with Gasteiger partial charge in [-0.1, -0.05) is 66.4 Å². The Morgan fingerprint density at radius 3 is 2.61 bits per heavy atom. The largest absolute Gasteiger partial charge is 0.493 e. The normalized spacial score (nSPS) is 11.2. The molecule has 1 heterocycles. The molecule has 5 heteroatoms. The van der Waals surface area contributed by atoms with Gasteiger partial charge in [-0.2, -0.15) is 5.10 Å². The molecular weight excluding hydrogens is 455 g/mol. The highest BCUT2D eigenvalue weighted by Gasteiger charge is 2.16. The number of aryl methyl sites for hydroxylation is 1. The topological polar surface area (TPSA) is 27.1 Å². The quantitative estimate of drug-likeness (QED) is 0.241. The van der Waals surface area contributed by atoms with Gasteiger partial charge in [-0.25, -0.2) is 4.39 Å². The van der Waals surface area contributed by atoms with E-state index < -0.39 is 0 Å². The summed E-state index contributed by atoms with van der Waals surface area (Å²) in [6.45, 7) is 2.87. The monoisotopic (exact) mass is 480 g/mol. The molecule has 0 saturated heterocycles. The second-order valence-electron chi connectivity index (χ2n) is 7.73. The number of benzene rings is 3. The van der Waals surface area contributed by atoms with Crippen LogP contribution in [0.1, 0.15) is 32.6 Å². The average molecular weight is 481 g/mol. The first kappa shape index (κ1) is 21.6. The summed E-state index contributed by atoms with van der Waals surface area (Å²) in [6, 6.07) is 19.1. The first-order valence-corrected chi connectivity index (χ1v) is 11.5. The van der Waals surface area contributed by atoms with Crippen LogP contribution in [-0.4, -0.2) is 16.4 Å². The van der Waals surface area contributed by atoms with Crippen LogP contribution < -0.4 is 4.74 Å². The average Bonchev–Trinajstić information content (AvgIpc) is 3.09. The molecule has 0 spiro atoms. The molecule has 160 valence electrons. The Kier molecular flexibility index (Phi) is 6.71. The summed E-state index contributed by atoms with van der Waals surface area (Å²) in [5, 5.41) is 5.50. The van der Waals surface area contributed by atoms with Gasteiger partial charge in [0.1, 0.15) is 17.3 Å². The van der Waals surface area contributed by atoms with Gasteiger partial charge in [-0.05, 0) is 48.4 Å². The van der Waals surface area contributed by atoms with E-state index in [0.717, 1.165) is 45.1 Å². The van der Waals surface area contributed by atoms with Crippen molar-refractivity contribution < 1.29 is 9.13 Å². The number of halogens is 2. The van der Waals surface area contributed by atoms with E-state index in [4.69, 9.17) is 4.74 Å². The van der Waals surface area contributed by atoms with Crippen molar-refractivity contribution in [1.29, 1.82) is 0 Å². The van der Waals surface area contributed by atoms with E-state index in [9.17, 15) is 0 Å². The van der Waals surface area contributed by atoms with E-state index in [0.29, 0.717) is 17.9 Å². The third-order valence-corrected chi connectivity index (χ3v) is 5.98. The highest BCUT2D eigenvalue weighted by Crippen LogP contribution is 2.35. The highest BCUT2D eigenvalue weighted by atomic mass is 79.9. The van der Waals surface area contributed by atoms with Crippen LogP contribution in [0.2, 0.25) is 0 Å². The highest BCUT2D eigenvalue weighted by molar-refractivity contribution is 9.10. The number of para-hydroxylation sites is 1. The Hall–Kier alpha value is -2.66. The summed E-state index contributed by atoms with van der Waals surface area (Å²) in [5.74, 6) is 0.498. The molecule has 0 fully saturated rings. The maximum absolute atomic E-state index is 15.3. The molecule has 0 aliphatic rings. The second kappa shape index (κ2) is 9.65. The van der Waals surface area contributed by atoms with Crippen molar-refractivity contribution >= 4 is 26.8 Å². The van der Waals surface area contributed by atoms with E-state index in [1.807, 2.05) is 61.6 Å². The lowest BCUT2D eigenvalue weighted by Gasteiger charge is -2.12. The van der Waals surface area contributed by atoms with Gasteiger partial charge in [0.05, 0.1) is 12.1 Å². The lowest BCUT2D eigenvalue weighted by Crippen LogP contribution is -1.99. The summed E-state index contributed by atoms with van der Waals surface area (Å²) in [7, 11) is 1.87.